The number of aryl methyl sites for hydroxylation is 3. The summed E-state index contributed by atoms with van der Waals surface area (Å²) >= 11 is 0. The molecule has 0 saturated carbocycles. The Bertz CT molecular complexity index is 1790. The Labute approximate surface area is 244 Å². The highest BCUT2D eigenvalue weighted by molar-refractivity contribution is 6.47. The first kappa shape index (κ1) is 27.2. The molecular formula is C34H32FN5O2. The Morgan fingerprint density at radius 1 is 0.833 bits per heavy atom. The van der Waals surface area contributed by atoms with Crippen LogP contribution in [0.1, 0.15) is 27.3 Å². The van der Waals surface area contributed by atoms with Gasteiger partial charge in [-0.1, -0.05) is 30.3 Å². The number of carbonyl (C=O) groups excluding carboxylic acids is 2. The number of hydrogen-bond acceptors (Lipinski definition) is 5. The molecule has 1 N–H and O–H groups in total. The van der Waals surface area contributed by atoms with Crippen molar-refractivity contribution >= 4 is 34.4 Å². The highest BCUT2D eigenvalue weighted by Crippen LogP contribution is 2.30. The van der Waals surface area contributed by atoms with Crippen LogP contribution in [0.3, 0.4) is 0 Å². The quantitative estimate of drug-likeness (QED) is 0.197. The van der Waals surface area contributed by atoms with Crippen LogP contribution in [-0.4, -0.2) is 47.3 Å². The Morgan fingerprint density at radius 2 is 1.57 bits per heavy atom. The van der Waals surface area contributed by atoms with Crippen molar-refractivity contribution < 1.29 is 14.0 Å². The van der Waals surface area contributed by atoms with Gasteiger partial charge in [0.2, 0.25) is 0 Å². The molecule has 0 unspecified atom stereocenters. The largest absolute Gasteiger partial charge is 0.368 e. The van der Waals surface area contributed by atoms with Crippen LogP contribution in [0.4, 0.5) is 21.6 Å². The lowest BCUT2D eigenvalue weighted by Crippen LogP contribution is -2.47. The van der Waals surface area contributed by atoms with Crippen molar-refractivity contribution in [2.75, 3.05) is 41.3 Å². The van der Waals surface area contributed by atoms with Gasteiger partial charge < -0.3 is 19.5 Å². The molecule has 0 spiro atoms. The first-order valence-corrected chi connectivity index (χ1v) is 14.0. The van der Waals surface area contributed by atoms with Crippen molar-refractivity contribution in [3.05, 3.63) is 113 Å². The van der Waals surface area contributed by atoms with E-state index in [1.165, 1.54) is 22.2 Å². The number of benzene rings is 2. The number of nitrogens with one attached hydrogen (secondary N) is 1. The van der Waals surface area contributed by atoms with Crippen LogP contribution in [0.25, 0.3) is 16.6 Å². The third kappa shape index (κ3) is 5.35. The maximum absolute atomic E-state index is 14.2. The predicted molar refractivity (Wildman–Crippen MR) is 165 cm³/mol. The number of hydrogen-bond donors (Lipinski definition) is 1. The van der Waals surface area contributed by atoms with Crippen molar-refractivity contribution in [2.45, 2.75) is 20.8 Å². The zero-order valence-corrected chi connectivity index (χ0v) is 23.9. The molecule has 5 aromatic rings. The monoisotopic (exact) mass is 561 g/mol. The molecule has 0 bridgehead atoms. The SMILES string of the molecule is Cc1cc(C)nc(N2CCN(c3ccc(NC(=O)C(=O)c4c(-c5ccccc5)cc5ccc(F)cn45)cc3C)CC2)c1. The fourth-order valence-electron chi connectivity index (χ4n) is 5.75. The van der Waals surface area contributed by atoms with E-state index in [9.17, 15) is 14.0 Å². The van der Waals surface area contributed by atoms with E-state index >= 15 is 0 Å². The van der Waals surface area contributed by atoms with Crippen molar-refractivity contribution in [1.29, 1.82) is 0 Å². The molecule has 1 fully saturated rings. The minimum atomic E-state index is -0.779. The summed E-state index contributed by atoms with van der Waals surface area (Å²) in [5.41, 5.74) is 6.94. The molecule has 0 radical (unpaired) electrons. The van der Waals surface area contributed by atoms with E-state index in [2.05, 4.69) is 34.2 Å². The van der Waals surface area contributed by atoms with E-state index < -0.39 is 17.5 Å². The smallest absolute Gasteiger partial charge is 0.298 e. The van der Waals surface area contributed by atoms with Crippen LogP contribution in [0.15, 0.2) is 85.1 Å². The van der Waals surface area contributed by atoms with Crippen LogP contribution >= 0.6 is 0 Å². The summed E-state index contributed by atoms with van der Waals surface area (Å²) in [4.78, 5) is 36.1. The molecule has 3 aromatic heterocycles. The zero-order chi connectivity index (χ0) is 29.4. The number of amides is 1. The minimum absolute atomic E-state index is 0.123. The van der Waals surface area contributed by atoms with Gasteiger partial charge in [-0.2, -0.15) is 0 Å². The summed E-state index contributed by atoms with van der Waals surface area (Å²) in [5.74, 6) is -1.000. The van der Waals surface area contributed by atoms with Gasteiger partial charge in [0.05, 0.1) is 0 Å². The summed E-state index contributed by atoms with van der Waals surface area (Å²) in [5, 5.41) is 2.77. The highest BCUT2D eigenvalue weighted by atomic mass is 19.1. The molecular weight excluding hydrogens is 529 g/mol. The number of ketones is 1. The van der Waals surface area contributed by atoms with Gasteiger partial charge >= 0.3 is 0 Å². The van der Waals surface area contributed by atoms with E-state index in [-0.39, 0.29) is 5.69 Å². The van der Waals surface area contributed by atoms with Crippen LogP contribution in [0.2, 0.25) is 0 Å². The number of piperazine rings is 1. The van der Waals surface area contributed by atoms with Crippen molar-refractivity contribution in [2.24, 2.45) is 0 Å². The zero-order valence-electron chi connectivity index (χ0n) is 23.9. The van der Waals surface area contributed by atoms with E-state index in [0.29, 0.717) is 16.8 Å². The fraction of sp³-hybridized carbons (Fsp3) is 0.206. The molecule has 1 saturated heterocycles. The van der Waals surface area contributed by atoms with Crippen LogP contribution < -0.4 is 15.1 Å². The number of carbonyl (C=O) groups is 2. The molecule has 1 aliphatic heterocycles. The van der Waals surface area contributed by atoms with Crippen LogP contribution in [0.5, 0.6) is 0 Å². The second-order valence-electron chi connectivity index (χ2n) is 10.8. The molecule has 0 atom stereocenters. The molecule has 2 aromatic carbocycles. The van der Waals surface area contributed by atoms with Gasteiger partial charge in [0.15, 0.2) is 0 Å². The predicted octanol–water partition coefficient (Wildman–Crippen LogP) is 6.21. The maximum atomic E-state index is 14.2. The Kier molecular flexibility index (Phi) is 7.20. The van der Waals surface area contributed by atoms with E-state index in [1.807, 2.05) is 62.4 Å². The molecule has 1 aliphatic rings. The molecule has 212 valence electrons. The first-order chi connectivity index (χ1) is 20.3. The average molecular weight is 562 g/mol. The second-order valence-corrected chi connectivity index (χ2v) is 10.8. The Hall–Kier alpha value is -4.98. The Morgan fingerprint density at radius 3 is 2.29 bits per heavy atom. The standard InChI is InChI=1S/C34H32FN5O2/c1-22-17-24(3)36-31(18-22)39-15-13-38(14-16-39)30-12-10-27(19-23(30)2)37-34(42)33(41)32-29(25-7-5-4-6-8-25)20-28-11-9-26(35)21-40(28)32/h4-12,17-21H,13-16H2,1-3H3,(H,37,42). The number of pyridine rings is 2. The van der Waals surface area contributed by atoms with Crippen molar-refractivity contribution in [3.8, 4) is 11.1 Å². The summed E-state index contributed by atoms with van der Waals surface area (Å²) in [6.07, 6.45) is 1.23. The molecule has 1 amide bonds. The number of halogens is 1. The lowest BCUT2D eigenvalue weighted by Gasteiger charge is -2.37. The second kappa shape index (κ2) is 11.1. The average Bonchev–Trinajstić information content (AvgIpc) is 3.35. The topological polar surface area (TPSA) is 70.0 Å². The van der Waals surface area contributed by atoms with Gasteiger partial charge in [-0.05, 0) is 86.0 Å². The molecule has 0 aliphatic carbocycles. The van der Waals surface area contributed by atoms with Gasteiger partial charge in [-0.15, -0.1) is 0 Å². The van der Waals surface area contributed by atoms with Gasteiger partial charge in [-0.25, -0.2) is 9.37 Å². The van der Waals surface area contributed by atoms with E-state index in [0.717, 1.165) is 54.5 Å². The third-order valence-electron chi connectivity index (χ3n) is 7.72. The Balaban J connectivity index is 1.19. The summed E-state index contributed by atoms with van der Waals surface area (Å²) < 4.78 is 15.6. The highest BCUT2D eigenvalue weighted by Gasteiger charge is 2.26. The lowest BCUT2D eigenvalue weighted by atomic mass is 10.0. The number of aromatic nitrogens is 2. The van der Waals surface area contributed by atoms with Gasteiger partial charge in [0.25, 0.3) is 11.7 Å². The molecule has 8 heteroatoms. The number of nitrogens with zero attached hydrogens (tertiary/aromatic N) is 4. The summed E-state index contributed by atoms with van der Waals surface area (Å²) in [7, 11) is 0. The van der Waals surface area contributed by atoms with Crippen molar-refractivity contribution in [1.82, 2.24) is 9.38 Å². The van der Waals surface area contributed by atoms with Gasteiger partial charge in [0.1, 0.15) is 17.3 Å². The number of fused-ring (bicyclic) bond motifs is 1. The van der Waals surface area contributed by atoms with Gasteiger partial charge in [-0.3, -0.25) is 9.59 Å². The van der Waals surface area contributed by atoms with Crippen molar-refractivity contribution in [3.63, 3.8) is 0 Å². The number of Topliss-reactive ketones (excluding diaryl/α,β-unsaturated/α-hetero) is 1. The minimum Gasteiger partial charge on any atom is -0.368 e. The first-order valence-electron chi connectivity index (χ1n) is 14.0. The molecule has 6 rings (SSSR count). The van der Waals surface area contributed by atoms with Gasteiger partial charge in [0, 0.05) is 60.5 Å². The number of anilines is 3. The third-order valence-corrected chi connectivity index (χ3v) is 7.72. The van der Waals surface area contributed by atoms with E-state index in [1.54, 1.807) is 12.1 Å². The normalized spacial score (nSPS) is 13.4. The maximum Gasteiger partial charge on any atom is 0.298 e. The molecule has 4 heterocycles. The van der Waals surface area contributed by atoms with Crippen LogP contribution in [0, 0.1) is 26.6 Å². The van der Waals surface area contributed by atoms with Crippen LogP contribution in [-0.2, 0) is 4.79 Å². The molecule has 7 nitrogen and oxygen atoms in total. The summed E-state index contributed by atoms with van der Waals surface area (Å²) in [6.45, 7) is 9.53. The lowest BCUT2D eigenvalue weighted by molar-refractivity contribution is -0.112. The molecule has 42 heavy (non-hydrogen) atoms. The summed E-state index contributed by atoms with van der Waals surface area (Å²) in [6, 6.07) is 23.9. The van der Waals surface area contributed by atoms with E-state index in [4.69, 9.17) is 4.98 Å². The fourth-order valence-corrected chi connectivity index (χ4v) is 5.75. The number of rotatable bonds is 6.